The van der Waals surface area contributed by atoms with E-state index >= 15 is 0 Å². The Morgan fingerprint density at radius 1 is 1.31 bits per heavy atom. The highest BCUT2D eigenvalue weighted by molar-refractivity contribution is 8.00. The van der Waals surface area contributed by atoms with Crippen LogP contribution in [0.4, 0.5) is 10.8 Å². The molecule has 13 nitrogen and oxygen atoms in total. The number of amides is 3. The van der Waals surface area contributed by atoms with Gasteiger partial charge >= 0.3 is 5.97 Å². The second-order valence-corrected chi connectivity index (χ2v) is 9.63. The second kappa shape index (κ2) is 10.2. The Morgan fingerprint density at radius 3 is 2.61 bits per heavy atom. The van der Waals surface area contributed by atoms with Crippen molar-refractivity contribution in [3.63, 3.8) is 0 Å². The summed E-state index contributed by atoms with van der Waals surface area (Å²) in [7, 11) is 0. The van der Waals surface area contributed by atoms with Gasteiger partial charge in [-0.2, -0.15) is 0 Å². The number of nitrogen functional groups attached to an aromatic ring is 1. The van der Waals surface area contributed by atoms with E-state index in [0.29, 0.717) is 17.0 Å². The monoisotopic (exact) mass is 532 g/mol. The van der Waals surface area contributed by atoms with E-state index in [1.807, 2.05) is 0 Å². The number of thioether (sulfide) groups is 1. The third-order valence-electron chi connectivity index (χ3n) is 5.20. The number of thiazole rings is 1. The van der Waals surface area contributed by atoms with Crippen molar-refractivity contribution in [1.82, 2.24) is 15.2 Å². The Kier molecular flexibility index (Phi) is 7.12. The molecule has 1 saturated heterocycles. The predicted molar refractivity (Wildman–Crippen MR) is 131 cm³/mol. The number of aliphatic carboxylic acids is 1. The van der Waals surface area contributed by atoms with Crippen molar-refractivity contribution in [2.75, 3.05) is 23.4 Å². The molecule has 1 fully saturated rings. The van der Waals surface area contributed by atoms with Crippen LogP contribution in [0.5, 0.6) is 5.75 Å². The first-order chi connectivity index (χ1) is 17.2. The highest BCUT2D eigenvalue weighted by Gasteiger charge is 2.54. The molecule has 1 aromatic carbocycles. The summed E-state index contributed by atoms with van der Waals surface area (Å²) in [6, 6.07) is 5.52. The van der Waals surface area contributed by atoms with Crippen molar-refractivity contribution in [3.05, 3.63) is 46.6 Å². The molecule has 0 aliphatic carbocycles. The molecule has 4 rings (SSSR count). The lowest BCUT2D eigenvalue weighted by Gasteiger charge is -2.49. The fourth-order valence-electron chi connectivity index (χ4n) is 3.62. The van der Waals surface area contributed by atoms with Crippen LogP contribution in [0.1, 0.15) is 12.6 Å². The number of benzene rings is 1. The van der Waals surface area contributed by atoms with Gasteiger partial charge in [-0.1, -0.05) is 5.16 Å². The highest BCUT2D eigenvalue weighted by atomic mass is 32.2. The molecular formula is C21H20N6O7S2. The molecule has 2 aromatic rings. The maximum atomic E-state index is 12.8. The molecular weight excluding hydrogens is 512 g/mol. The zero-order valence-electron chi connectivity index (χ0n) is 18.6. The molecule has 188 valence electrons. The molecule has 0 radical (unpaired) electrons. The normalized spacial score (nSPS) is 19.3. The highest BCUT2D eigenvalue weighted by Crippen LogP contribution is 2.40. The van der Waals surface area contributed by atoms with Gasteiger partial charge in [0.2, 0.25) is 5.91 Å². The number of carboxylic acids is 1. The van der Waals surface area contributed by atoms with Crippen LogP contribution >= 0.6 is 23.1 Å². The minimum absolute atomic E-state index is 0.0492. The van der Waals surface area contributed by atoms with E-state index in [1.165, 1.54) is 24.1 Å². The number of oxime groups is 1. The quantitative estimate of drug-likeness (QED) is 0.139. The van der Waals surface area contributed by atoms with Gasteiger partial charge in [0.25, 0.3) is 11.8 Å². The Balaban J connectivity index is 1.44. The maximum Gasteiger partial charge on any atom is 0.352 e. The van der Waals surface area contributed by atoms with Crippen molar-refractivity contribution < 1.29 is 34.2 Å². The molecule has 6 N–H and O–H groups in total. The SMILES string of the molecule is CC(=O)Nc1ccc(OCC2=C(C(=O)O)N3C(=O)C(NC(=O)/C(=N\O)c4csc(N)n4)[C@H]3SC2)cc1. The summed E-state index contributed by atoms with van der Waals surface area (Å²) >= 11 is 2.31. The lowest BCUT2D eigenvalue weighted by Crippen LogP contribution is -2.71. The number of carbonyl (C=O) groups is 4. The number of nitrogens with two attached hydrogens (primary N) is 1. The van der Waals surface area contributed by atoms with Crippen molar-refractivity contribution >= 4 is 63.3 Å². The summed E-state index contributed by atoms with van der Waals surface area (Å²) < 4.78 is 5.70. The van der Waals surface area contributed by atoms with Gasteiger partial charge in [0.15, 0.2) is 10.8 Å². The lowest BCUT2D eigenvalue weighted by atomic mass is 10.0. The topological polar surface area (TPSA) is 197 Å². The first-order valence-corrected chi connectivity index (χ1v) is 12.3. The van der Waals surface area contributed by atoms with Crippen LogP contribution in [0.2, 0.25) is 0 Å². The molecule has 0 spiro atoms. The van der Waals surface area contributed by atoms with E-state index in [2.05, 4.69) is 20.8 Å². The molecule has 2 aliphatic heterocycles. The van der Waals surface area contributed by atoms with Crippen LogP contribution in [0.3, 0.4) is 0 Å². The Morgan fingerprint density at radius 2 is 2.03 bits per heavy atom. The van der Waals surface area contributed by atoms with Crippen LogP contribution in [0, 0.1) is 0 Å². The molecule has 0 bridgehead atoms. The van der Waals surface area contributed by atoms with Gasteiger partial charge in [0.05, 0.1) is 0 Å². The van der Waals surface area contributed by atoms with Crippen molar-refractivity contribution in [2.24, 2.45) is 5.16 Å². The molecule has 0 saturated carbocycles. The standard InChI is InChI=1S/C21H20N6O7S2/c1-9(28)23-11-2-4-12(5-3-11)34-6-10-7-35-19-15(18(30)27(19)16(10)20(31)32)25-17(29)14(26-33)13-8-36-21(22)24-13/h2-5,8,15,19,33H,6-7H2,1H3,(H2,22,24)(H,23,28)(H,25,29)(H,31,32)/b26-14-/t15?,19-/m1/s1. The molecule has 36 heavy (non-hydrogen) atoms. The number of β-lactam (4-membered cyclic amide) rings is 1. The number of anilines is 2. The summed E-state index contributed by atoms with van der Waals surface area (Å²) in [6.45, 7) is 1.32. The van der Waals surface area contributed by atoms with Gasteiger partial charge in [0.1, 0.15) is 35.2 Å². The fraction of sp³-hybridized carbons (Fsp3) is 0.238. The molecule has 2 aliphatic rings. The Bertz CT molecular complexity index is 1290. The summed E-state index contributed by atoms with van der Waals surface area (Å²) in [4.78, 5) is 53.6. The van der Waals surface area contributed by atoms with Crippen molar-refractivity contribution in [2.45, 2.75) is 18.3 Å². The third kappa shape index (κ3) is 4.96. The second-order valence-electron chi connectivity index (χ2n) is 7.63. The van der Waals surface area contributed by atoms with Crippen LogP contribution in [-0.2, 0) is 19.2 Å². The van der Waals surface area contributed by atoms with Crippen molar-refractivity contribution in [1.29, 1.82) is 0 Å². The number of carboxylic acid groups (broad SMARTS) is 1. The number of rotatable bonds is 8. The van der Waals surface area contributed by atoms with Crippen LogP contribution < -0.4 is 21.1 Å². The lowest BCUT2D eigenvalue weighted by molar-refractivity contribution is -0.150. The zero-order valence-corrected chi connectivity index (χ0v) is 20.3. The van der Waals surface area contributed by atoms with Crippen LogP contribution in [0.15, 0.2) is 46.1 Å². The van der Waals surface area contributed by atoms with Crippen molar-refractivity contribution in [3.8, 4) is 5.75 Å². The zero-order chi connectivity index (χ0) is 26.0. The Hall–Kier alpha value is -4.11. The van der Waals surface area contributed by atoms with E-state index in [-0.39, 0.29) is 34.8 Å². The number of nitrogens with zero attached hydrogens (tertiary/aromatic N) is 3. The Labute approximate surface area is 212 Å². The van der Waals surface area contributed by atoms with Crippen LogP contribution in [-0.4, -0.2) is 73.4 Å². The minimum atomic E-state index is -1.30. The fourth-order valence-corrected chi connectivity index (χ4v) is 5.50. The largest absolute Gasteiger partial charge is 0.489 e. The number of ether oxygens (including phenoxy) is 1. The molecule has 15 heteroatoms. The molecule has 1 unspecified atom stereocenters. The average Bonchev–Trinajstić information content (AvgIpc) is 3.27. The maximum absolute atomic E-state index is 12.8. The first-order valence-electron chi connectivity index (χ1n) is 10.3. The average molecular weight is 533 g/mol. The van der Waals surface area contributed by atoms with Gasteiger partial charge in [-0.25, -0.2) is 9.78 Å². The summed E-state index contributed by atoms with van der Waals surface area (Å²) in [5.41, 5.74) is 5.96. The molecule has 2 atom stereocenters. The van der Waals surface area contributed by atoms with E-state index in [0.717, 1.165) is 16.2 Å². The number of carbonyl (C=O) groups excluding carboxylic acids is 3. The smallest absolute Gasteiger partial charge is 0.352 e. The van der Waals surface area contributed by atoms with E-state index in [1.54, 1.807) is 24.3 Å². The van der Waals surface area contributed by atoms with Gasteiger partial charge in [0, 0.05) is 29.3 Å². The van der Waals surface area contributed by atoms with Gasteiger partial charge < -0.3 is 31.4 Å². The number of hydrogen-bond donors (Lipinski definition) is 5. The van der Waals surface area contributed by atoms with E-state index < -0.39 is 34.9 Å². The minimum Gasteiger partial charge on any atom is -0.489 e. The number of fused-ring (bicyclic) bond motifs is 1. The van der Waals surface area contributed by atoms with E-state index in [4.69, 9.17) is 10.5 Å². The predicted octanol–water partition coefficient (Wildman–Crippen LogP) is 0.680. The molecule has 1 aromatic heterocycles. The third-order valence-corrected chi connectivity index (χ3v) is 7.22. The summed E-state index contributed by atoms with van der Waals surface area (Å²) in [5.74, 6) is -2.28. The molecule has 3 heterocycles. The number of nitrogens with one attached hydrogen (secondary N) is 2. The summed E-state index contributed by atoms with van der Waals surface area (Å²) in [5, 5.41) is 28.1. The van der Waals surface area contributed by atoms with Crippen LogP contribution in [0.25, 0.3) is 0 Å². The van der Waals surface area contributed by atoms with Gasteiger partial charge in [-0.3, -0.25) is 19.3 Å². The van der Waals surface area contributed by atoms with E-state index in [9.17, 15) is 29.5 Å². The van der Waals surface area contributed by atoms with Gasteiger partial charge in [-0.15, -0.1) is 23.1 Å². The first kappa shape index (κ1) is 25.0. The summed E-state index contributed by atoms with van der Waals surface area (Å²) in [6.07, 6.45) is 0. The van der Waals surface area contributed by atoms with Gasteiger partial charge in [-0.05, 0) is 24.3 Å². The molecule has 3 amide bonds. The number of aromatic nitrogens is 1. The number of hydrogen-bond acceptors (Lipinski definition) is 11.